The summed E-state index contributed by atoms with van der Waals surface area (Å²) < 4.78 is 14.5. The first-order valence-electron chi connectivity index (χ1n) is 16.9. The second-order valence-corrected chi connectivity index (χ2v) is 14.5. The van der Waals surface area contributed by atoms with Crippen LogP contribution in [0.3, 0.4) is 0 Å². The van der Waals surface area contributed by atoms with E-state index in [9.17, 15) is 4.21 Å². The van der Waals surface area contributed by atoms with Crippen molar-refractivity contribution in [3.63, 3.8) is 0 Å². The van der Waals surface area contributed by atoms with Gasteiger partial charge in [0.25, 0.3) is 0 Å². The lowest BCUT2D eigenvalue weighted by Gasteiger charge is -2.38. The standard InChI is InChI=1S/C46H28N2OS/c49-50-44-23-9-8-21-40(44)47(30-14-2-1-3-15-30)43-28-42-39(27-45(43)50)37-20-10-12-29-13-11-22-41(46(29)37)48(42)31-24-25-36-34-18-5-4-16-32(34)33-17-6-7-19-35(33)38(36)26-31/h1-28H. The van der Waals surface area contributed by atoms with Crippen molar-refractivity contribution in [2.75, 3.05) is 9.80 Å². The largest absolute Gasteiger partial charge is 0.309 e. The van der Waals surface area contributed by atoms with Gasteiger partial charge in [0.2, 0.25) is 0 Å². The summed E-state index contributed by atoms with van der Waals surface area (Å²) in [6.45, 7) is 0. The molecule has 0 fully saturated rings. The van der Waals surface area contributed by atoms with Crippen LogP contribution in [0, 0.1) is 0 Å². The fourth-order valence-corrected chi connectivity index (χ4v) is 9.71. The van der Waals surface area contributed by atoms with Crippen molar-refractivity contribution < 1.29 is 4.21 Å². The van der Waals surface area contributed by atoms with Gasteiger partial charge >= 0.3 is 0 Å². The fourth-order valence-electron chi connectivity index (χ4n) is 8.36. The van der Waals surface area contributed by atoms with Crippen LogP contribution < -0.4 is 9.80 Å². The van der Waals surface area contributed by atoms with Gasteiger partial charge in [-0.25, -0.2) is 4.21 Å². The van der Waals surface area contributed by atoms with Crippen LogP contribution in [0.4, 0.5) is 34.1 Å². The Morgan fingerprint density at radius 1 is 0.360 bits per heavy atom. The molecule has 1 atom stereocenters. The lowest BCUT2D eigenvalue weighted by molar-refractivity contribution is 0.682. The van der Waals surface area contributed by atoms with Gasteiger partial charge in [-0.2, -0.15) is 0 Å². The predicted molar refractivity (Wildman–Crippen MR) is 210 cm³/mol. The highest BCUT2D eigenvalue weighted by molar-refractivity contribution is 7.85. The van der Waals surface area contributed by atoms with Crippen LogP contribution in [-0.4, -0.2) is 4.21 Å². The molecule has 0 aromatic heterocycles. The molecule has 0 saturated heterocycles. The monoisotopic (exact) mass is 656 g/mol. The molecular weight excluding hydrogens is 629 g/mol. The fraction of sp³-hybridized carbons (Fsp3) is 0. The number of nitrogens with zero attached hydrogens (tertiary/aromatic N) is 2. The van der Waals surface area contributed by atoms with Gasteiger partial charge in [-0.3, -0.25) is 0 Å². The SMILES string of the molecule is O=S1c2ccccc2N(c2ccccc2)c2cc3c(cc21)-c1cccc2cccc(c12)N3c1ccc2c3ccccc3c3ccccc3c2c1. The molecule has 9 aromatic carbocycles. The van der Waals surface area contributed by atoms with Crippen molar-refractivity contribution in [2.45, 2.75) is 9.79 Å². The van der Waals surface area contributed by atoms with E-state index in [1.54, 1.807) is 0 Å². The van der Waals surface area contributed by atoms with Gasteiger partial charge in [-0.15, -0.1) is 0 Å². The molecule has 11 rings (SSSR count). The van der Waals surface area contributed by atoms with Crippen LogP contribution >= 0.6 is 0 Å². The Morgan fingerprint density at radius 3 is 1.72 bits per heavy atom. The first-order valence-corrected chi connectivity index (χ1v) is 18.1. The quantitative estimate of drug-likeness (QED) is 0.173. The molecule has 0 amide bonds. The van der Waals surface area contributed by atoms with Crippen molar-refractivity contribution in [1.82, 2.24) is 0 Å². The third kappa shape index (κ3) is 3.77. The average Bonchev–Trinajstić information content (AvgIpc) is 3.18. The summed E-state index contributed by atoms with van der Waals surface area (Å²) in [7, 11) is -1.35. The number of anilines is 6. The molecule has 0 spiro atoms. The van der Waals surface area contributed by atoms with E-state index >= 15 is 0 Å². The summed E-state index contributed by atoms with van der Waals surface area (Å²) in [5.74, 6) is 0. The zero-order valence-corrected chi connectivity index (χ0v) is 27.7. The number of benzene rings is 9. The third-order valence-electron chi connectivity index (χ3n) is 10.5. The van der Waals surface area contributed by atoms with E-state index in [4.69, 9.17) is 0 Å². The summed E-state index contributed by atoms with van der Waals surface area (Å²) in [4.78, 5) is 6.33. The second-order valence-electron chi connectivity index (χ2n) is 13.1. The van der Waals surface area contributed by atoms with E-state index in [1.807, 2.05) is 24.3 Å². The molecule has 0 aliphatic carbocycles. The van der Waals surface area contributed by atoms with E-state index in [0.717, 1.165) is 55.0 Å². The van der Waals surface area contributed by atoms with Crippen molar-refractivity contribution in [1.29, 1.82) is 0 Å². The highest BCUT2D eigenvalue weighted by Crippen LogP contribution is 2.56. The summed E-state index contributed by atoms with van der Waals surface area (Å²) in [6, 6.07) is 60.5. The number of para-hydroxylation sites is 2. The minimum absolute atomic E-state index is 0.818. The van der Waals surface area contributed by atoms with Gasteiger partial charge in [0, 0.05) is 22.3 Å². The van der Waals surface area contributed by atoms with E-state index in [1.165, 1.54) is 43.1 Å². The van der Waals surface area contributed by atoms with Crippen molar-refractivity contribution >= 4 is 88.0 Å². The number of hydrogen-bond donors (Lipinski definition) is 0. The minimum Gasteiger partial charge on any atom is -0.309 e. The molecule has 0 N–H and O–H groups in total. The Hall–Kier alpha value is -6.23. The number of fused-ring (bicyclic) bond motifs is 10. The molecular formula is C46H28N2OS. The second kappa shape index (κ2) is 10.4. The summed E-state index contributed by atoms with van der Waals surface area (Å²) >= 11 is 0. The zero-order chi connectivity index (χ0) is 32.9. The van der Waals surface area contributed by atoms with Gasteiger partial charge in [-0.1, -0.05) is 115 Å². The van der Waals surface area contributed by atoms with Crippen molar-refractivity contribution in [3.8, 4) is 11.1 Å². The van der Waals surface area contributed by atoms with E-state index in [-0.39, 0.29) is 0 Å². The van der Waals surface area contributed by atoms with Crippen LogP contribution in [0.5, 0.6) is 0 Å². The Morgan fingerprint density at radius 2 is 0.960 bits per heavy atom. The lowest BCUT2D eigenvalue weighted by atomic mass is 9.89. The van der Waals surface area contributed by atoms with Gasteiger partial charge in [0.1, 0.15) is 0 Å². The van der Waals surface area contributed by atoms with Gasteiger partial charge in [-0.05, 0) is 97.9 Å². The number of rotatable bonds is 2. The van der Waals surface area contributed by atoms with Crippen LogP contribution in [-0.2, 0) is 10.8 Å². The first kappa shape index (κ1) is 27.7. The normalized spacial score (nSPS) is 14.6. The van der Waals surface area contributed by atoms with Gasteiger partial charge in [0.15, 0.2) is 0 Å². The highest BCUT2D eigenvalue weighted by atomic mass is 32.2. The molecule has 234 valence electrons. The molecule has 1 unspecified atom stereocenters. The minimum atomic E-state index is -1.35. The van der Waals surface area contributed by atoms with E-state index in [0.29, 0.717) is 0 Å². The highest BCUT2D eigenvalue weighted by Gasteiger charge is 2.34. The Bertz CT molecular complexity index is 2880. The maximum Gasteiger partial charge on any atom is 0.0892 e. The first-order chi connectivity index (χ1) is 24.7. The van der Waals surface area contributed by atoms with Crippen LogP contribution in [0.2, 0.25) is 0 Å². The zero-order valence-electron chi connectivity index (χ0n) is 26.9. The van der Waals surface area contributed by atoms with Gasteiger partial charge in [0.05, 0.1) is 43.3 Å². The molecule has 2 aliphatic rings. The molecule has 4 heteroatoms. The molecule has 0 saturated carbocycles. The van der Waals surface area contributed by atoms with E-state index in [2.05, 4.69) is 155 Å². The van der Waals surface area contributed by atoms with E-state index < -0.39 is 10.8 Å². The topological polar surface area (TPSA) is 23.6 Å². The maximum absolute atomic E-state index is 14.5. The van der Waals surface area contributed by atoms with Crippen LogP contribution in [0.25, 0.3) is 54.2 Å². The van der Waals surface area contributed by atoms with Crippen molar-refractivity contribution in [3.05, 3.63) is 170 Å². The molecule has 2 aliphatic heterocycles. The Balaban J connectivity index is 1.24. The summed E-state index contributed by atoms with van der Waals surface area (Å²) in [5, 5.41) is 9.88. The predicted octanol–water partition coefficient (Wildman–Crippen LogP) is 12.7. The molecule has 0 bridgehead atoms. The summed E-state index contributed by atoms with van der Waals surface area (Å²) in [5.41, 5.74) is 8.44. The molecule has 3 nitrogen and oxygen atoms in total. The molecule has 50 heavy (non-hydrogen) atoms. The Kier molecular flexibility index (Phi) is 5.75. The molecule has 2 heterocycles. The van der Waals surface area contributed by atoms with Crippen molar-refractivity contribution in [2.24, 2.45) is 0 Å². The average molecular weight is 657 g/mol. The summed E-state index contributed by atoms with van der Waals surface area (Å²) in [6.07, 6.45) is 0. The van der Waals surface area contributed by atoms with Crippen LogP contribution in [0.15, 0.2) is 180 Å². The lowest BCUT2D eigenvalue weighted by Crippen LogP contribution is -2.21. The Labute approximate surface area is 291 Å². The van der Waals surface area contributed by atoms with Crippen LogP contribution in [0.1, 0.15) is 0 Å². The van der Waals surface area contributed by atoms with Gasteiger partial charge < -0.3 is 9.80 Å². The number of hydrogen-bond acceptors (Lipinski definition) is 3. The molecule has 0 radical (unpaired) electrons. The smallest absolute Gasteiger partial charge is 0.0892 e. The maximum atomic E-state index is 14.5. The third-order valence-corrected chi connectivity index (χ3v) is 12.0. The molecule has 9 aromatic rings.